The van der Waals surface area contributed by atoms with E-state index in [0.29, 0.717) is 0 Å². The lowest BCUT2D eigenvalue weighted by molar-refractivity contribution is -0.385. The highest BCUT2D eigenvalue weighted by molar-refractivity contribution is 5.77. The average molecular weight is 334 g/mol. The van der Waals surface area contributed by atoms with Crippen LogP contribution in [0.4, 0.5) is 10.1 Å². The summed E-state index contributed by atoms with van der Waals surface area (Å²) in [5.41, 5.74) is 0.562. The van der Waals surface area contributed by atoms with Crippen molar-refractivity contribution in [3.63, 3.8) is 0 Å². The average Bonchev–Trinajstić information content (AvgIpc) is 2.59. The summed E-state index contributed by atoms with van der Waals surface area (Å²) in [5, 5.41) is 13.4. The maximum atomic E-state index is 12.8. The van der Waals surface area contributed by atoms with Crippen molar-refractivity contribution in [1.82, 2.24) is 5.32 Å². The van der Waals surface area contributed by atoms with Crippen LogP contribution >= 0.6 is 0 Å². The Bertz CT molecular complexity index is 734. The van der Waals surface area contributed by atoms with Crippen LogP contribution in [0.2, 0.25) is 0 Å². The van der Waals surface area contributed by atoms with Gasteiger partial charge in [-0.25, -0.2) is 4.39 Å². The van der Waals surface area contributed by atoms with E-state index >= 15 is 0 Å². The van der Waals surface area contributed by atoms with E-state index in [-0.39, 0.29) is 42.1 Å². The molecule has 0 heterocycles. The predicted molar refractivity (Wildman–Crippen MR) is 83.4 cm³/mol. The van der Waals surface area contributed by atoms with Crippen LogP contribution in [-0.4, -0.2) is 24.5 Å². The third-order valence-corrected chi connectivity index (χ3v) is 3.12. The van der Waals surface area contributed by atoms with E-state index in [0.717, 1.165) is 5.56 Å². The van der Waals surface area contributed by atoms with Gasteiger partial charge < -0.3 is 14.8 Å². The van der Waals surface area contributed by atoms with Crippen molar-refractivity contribution in [3.05, 3.63) is 64.0 Å². The Morgan fingerprint density at radius 2 is 1.96 bits per heavy atom. The molecule has 0 saturated heterocycles. The van der Waals surface area contributed by atoms with Gasteiger partial charge in [0.25, 0.3) is 5.91 Å². The van der Waals surface area contributed by atoms with Crippen molar-refractivity contribution in [3.8, 4) is 11.5 Å². The van der Waals surface area contributed by atoms with Crippen molar-refractivity contribution >= 4 is 11.6 Å². The Balaban J connectivity index is 1.87. The van der Waals surface area contributed by atoms with Crippen LogP contribution in [0.1, 0.15) is 5.56 Å². The zero-order chi connectivity index (χ0) is 17.5. The first-order valence-corrected chi connectivity index (χ1v) is 6.96. The minimum absolute atomic E-state index is 0.0456. The summed E-state index contributed by atoms with van der Waals surface area (Å²) >= 11 is 0. The molecule has 0 aromatic heterocycles. The van der Waals surface area contributed by atoms with Crippen LogP contribution in [0.25, 0.3) is 0 Å². The van der Waals surface area contributed by atoms with Gasteiger partial charge in [0.15, 0.2) is 6.61 Å². The van der Waals surface area contributed by atoms with Gasteiger partial charge in [0.05, 0.1) is 12.0 Å². The van der Waals surface area contributed by atoms with Crippen LogP contribution in [0.5, 0.6) is 11.5 Å². The number of nitrogens with one attached hydrogen (secondary N) is 1. The molecule has 1 amide bonds. The van der Waals surface area contributed by atoms with E-state index in [2.05, 4.69) is 5.32 Å². The third-order valence-electron chi connectivity index (χ3n) is 3.12. The zero-order valence-corrected chi connectivity index (χ0v) is 12.8. The Kier molecular flexibility index (Phi) is 5.67. The van der Waals surface area contributed by atoms with E-state index in [4.69, 9.17) is 9.47 Å². The molecule has 1 N–H and O–H groups in total. The summed E-state index contributed by atoms with van der Waals surface area (Å²) < 4.78 is 23.0. The van der Waals surface area contributed by atoms with Crippen LogP contribution < -0.4 is 14.8 Å². The fourth-order valence-electron chi connectivity index (χ4n) is 1.90. The number of amides is 1. The van der Waals surface area contributed by atoms with Gasteiger partial charge in [0, 0.05) is 18.7 Å². The number of methoxy groups -OCH3 is 1. The van der Waals surface area contributed by atoms with E-state index < -0.39 is 4.92 Å². The number of hydrogen-bond donors (Lipinski definition) is 1. The molecule has 0 atom stereocenters. The second-order valence-electron chi connectivity index (χ2n) is 4.78. The molecule has 0 bridgehead atoms. The predicted octanol–water partition coefficient (Wildman–Crippen LogP) is 2.44. The monoisotopic (exact) mass is 334 g/mol. The SMILES string of the molecule is COc1cc(OCC(=O)NCc2ccc(F)cc2)ccc1[N+](=O)[O-]. The molecule has 2 aromatic rings. The molecule has 2 aromatic carbocycles. The molecule has 0 unspecified atom stereocenters. The Morgan fingerprint density at radius 1 is 1.25 bits per heavy atom. The second-order valence-corrected chi connectivity index (χ2v) is 4.78. The summed E-state index contributed by atoms with van der Waals surface area (Å²) in [7, 11) is 1.31. The van der Waals surface area contributed by atoms with Crippen LogP contribution in [0.3, 0.4) is 0 Å². The van der Waals surface area contributed by atoms with E-state index in [1.165, 1.54) is 37.4 Å². The van der Waals surface area contributed by atoms with Crippen LogP contribution in [0.15, 0.2) is 42.5 Å². The van der Waals surface area contributed by atoms with Crippen molar-refractivity contribution in [2.45, 2.75) is 6.54 Å². The molecule has 0 spiro atoms. The number of nitrogens with zero attached hydrogens (tertiary/aromatic N) is 1. The Hall–Kier alpha value is -3.16. The molecular weight excluding hydrogens is 319 g/mol. The molecule has 24 heavy (non-hydrogen) atoms. The van der Waals surface area contributed by atoms with E-state index in [9.17, 15) is 19.3 Å². The number of halogens is 1. The summed E-state index contributed by atoms with van der Waals surface area (Å²) in [4.78, 5) is 22.0. The maximum Gasteiger partial charge on any atom is 0.311 e. The normalized spacial score (nSPS) is 10.1. The molecule has 0 radical (unpaired) electrons. The topological polar surface area (TPSA) is 90.7 Å². The summed E-state index contributed by atoms with van der Waals surface area (Å²) in [5.74, 6) is -0.407. The van der Waals surface area contributed by atoms with Gasteiger partial charge in [-0.2, -0.15) is 0 Å². The highest BCUT2D eigenvalue weighted by Crippen LogP contribution is 2.30. The van der Waals surface area contributed by atoms with E-state index in [1.807, 2.05) is 0 Å². The molecule has 126 valence electrons. The molecule has 7 nitrogen and oxygen atoms in total. The highest BCUT2D eigenvalue weighted by atomic mass is 19.1. The fourth-order valence-corrected chi connectivity index (χ4v) is 1.90. The van der Waals surface area contributed by atoms with Gasteiger partial charge in [-0.05, 0) is 23.8 Å². The zero-order valence-electron chi connectivity index (χ0n) is 12.8. The molecule has 0 fully saturated rings. The van der Waals surface area contributed by atoms with Gasteiger partial charge in [-0.1, -0.05) is 12.1 Å². The number of hydrogen-bond acceptors (Lipinski definition) is 5. The van der Waals surface area contributed by atoms with Crippen molar-refractivity contribution < 1.29 is 23.6 Å². The minimum Gasteiger partial charge on any atom is -0.490 e. The first-order valence-electron chi connectivity index (χ1n) is 6.96. The molecule has 0 aliphatic rings. The number of carbonyl (C=O) groups excluding carboxylic acids is 1. The number of nitro benzene ring substituents is 1. The Labute approximate surface area is 137 Å². The first-order chi connectivity index (χ1) is 11.5. The number of benzene rings is 2. The van der Waals surface area contributed by atoms with Crippen molar-refractivity contribution in [1.29, 1.82) is 0 Å². The number of nitro groups is 1. The standard InChI is InChI=1S/C16H15FN2O5/c1-23-15-8-13(6-7-14(15)19(21)22)24-10-16(20)18-9-11-2-4-12(17)5-3-11/h2-8H,9-10H2,1H3,(H,18,20). The van der Waals surface area contributed by atoms with Crippen molar-refractivity contribution in [2.75, 3.05) is 13.7 Å². The summed E-state index contributed by atoms with van der Waals surface area (Å²) in [6.45, 7) is -0.0196. The summed E-state index contributed by atoms with van der Waals surface area (Å²) in [6, 6.07) is 9.71. The highest BCUT2D eigenvalue weighted by Gasteiger charge is 2.15. The van der Waals surface area contributed by atoms with Crippen LogP contribution in [0, 0.1) is 15.9 Å². The minimum atomic E-state index is -0.571. The Morgan fingerprint density at radius 3 is 2.58 bits per heavy atom. The lowest BCUT2D eigenvalue weighted by Crippen LogP contribution is -2.28. The van der Waals surface area contributed by atoms with Gasteiger partial charge >= 0.3 is 5.69 Å². The van der Waals surface area contributed by atoms with Gasteiger partial charge in [0.2, 0.25) is 5.75 Å². The lowest BCUT2D eigenvalue weighted by Gasteiger charge is -2.09. The second kappa shape index (κ2) is 7.91. The van der Waals surface area contributed by atoms with Gasteiger partial charge in [0.1, 0.15) is 11.6 Å². The lowest BCUT2D eigenvalue weighted by atomic mass is 10.2. The van der Waals surface area contributed by atoms with Crippen LogP contribution in [-0.2, 0) is 11.3 Å². The molecule has 0 aliphatic heterocycles. The van der Waals surface area contributed by atoms with Gasteiger partial charge in [-0.15, -0.1) is 0 Å². The smallest absolute Gasteiger partial charge is 0.311 e. The van der Waals surface area contributed by atoms with E-state index in [1.54, 1.807) is 12.1 Å². The first kappa shape index (κ1) is 17.2. The maximum absolute atomic E-state index is 12.8. The molecule has 8 heteroatoms. The third kappa shape index (κ3) is 4.67. The largest absolute Gasteiger partial charge is 0.490 e. The number of ether oxygens (including phenoxy) is 2. The quantitative estimate of drug-likeness (QED) is 0.620. The van der Waals surface area contributed by atoms with Gasteiger partial charge in [-0.3, -0.25) is 14.9 Å². The molecule has 0 aliphatic carbocycles. The molecular formula is C16H15FN2O5. The summed E-state index contributed by atoms with van der Waals surface area (Å²) in [6.07, 6.45) is 0. The molecule has 0 saturated carbocycles. The molecule has 2 rings (SSSR count). The fraction of sp³-hybridized carbons (Fsp3) is 0.188. The number of carbonyl (C=O) groups is 1. The number of rotatable bonds is 7. The van der Waals surface area contributed by atoms with Crippen molar-refractivity contribution in [2.24, 2.45) is 0 Å².